The quantitative estimate of drug-likeness (QED) is 0.239. The first-order chi connectivity index (χ1) is 20.7. The van der Waals surface area contributed by atoms with Crippen LogP contribution in [0.25, 0.3) is 11.4 Å². The van der Waals surface area contributed by atoms with Gasteiger partial charge in [-0.1, -0.05) is 11.8 Å². The molecule has 2 aliphatic rings. The number of nitrogens with one attached hydrogen (secondary N) is 2. The Bertz CT molecular complexity index is 1770. The Kier molecular flexibility index (Phi) is 8.04. The van der Waals surface area contributed by atoms with Gasteiger partial charge in [0.1, 0.15) is 11.6 Å². The third-order valence-corrected chi connectivity index (χ3v) is 9.42. The Morgan fingerprint density at radius 2 is 1.81 bits per heavy atom. The molecule has 0 saturated heterocycles. The molecule has 0 radical (unpaired) electrons. The first kappa shape index (κ1) is 28.7. The molecule has 4 heterocycles. The molecule has 0 aliphatic heterocycles. The molecule has 0 spiro atoms. The lowest BCUT2D eigenvalue weighted by atomic mass is 9.87. The van der Waals surface area contributed by atoms with Gasteiger partial charge < -0.3 is 15.7 Å². The highest BCUT2D eigenvalue weighted by Gasteiger charge is 2.37. The Balaban J connectivity index is 1.22. The van der Waals surface area contributed by atoms with Crippen molar-refractivity contribution in [3.05, 3.63) is 60.4 Å². The Hall–Kier alpha value is -4.42. The van der Waals surface area contributed by atoms with Crippen LogP contribution in [0.2, 0.25) is 0 Å². The van der Waals surface area contributed by atoms with Gasteiger partial charge in [0.25, 0.3) is 10.0 Å². The summed E-state index contributed by atoms with van der Waals surface area (Å²) in [6, 6.07) is 3.44. The summed E-state index contributed by atoms with van der Waals surface area (Å²) in [5.74, 6) is 7.44. The van der Waals surface area contributed by atoms with Gasteiger partial charge in [-0.2, -0.15) is 23.1 Å². The van der Waals surface area contributed by atoms with Crippen molar-refractivity contribution in [2.75, 3.05) is 17.2 Å². The van der Waals surface area contributed by atoms with Gasteiger partial charge in [-0.25, -0.2) is 28.1 Å². The summed E-state index contributed by atoms with van der Waals surface area (Å²) in [7, 11) is -3.51. The first-order valence-corrected chi connectivity index (χ1v) is 15.4. The maximum absolute atomic E-state index is 12.9. The molecule has 6 rings (SSSR count). The summed E-state index contributed by atoms with van der Waals surface area (Å²) in [5.41, 5.74) is 2.06. The standard InChI is InChI=1S/C28H29F2N9O3S/c29-28(30)38-16-19(13-34-38)1-4-20-14-33-26(11-24(20)32-12-18-2-5-22(40)6-3-18)36-25-9-10-31-27(37-25)21-15-35-39(17-21)43(41,42)23-7-8-23/h9-11,13-18,22-23,28,40H,2-3,5-8,12H2,(H2,31,32,33,36,37). The fourth-order valence-corrected chi connectivity index (χ4v) is 6.27. The topological polar surface area (TPSA) is 153 Å². The van der Waals surface area contributed by atoms with Crippen LogP contribution >= 0.6 is 0 Å². The van der Waals surface area contributed by atoms with E-state index in [9.17, 15) is 22.3 Å². The molecule has 2 saturated carbocycles. The molecule has 0 amide bonds. The van der Waals surface area contributed by atoms with Crippen LogP contribution in [0.1, 0.15) is 56.2 Å². The zero-order valence-electron chi connectivity index (χ0n) is 22.9. The minimum absolute atomic E-state index is 0.252. The second kappa shape index (κ2) is 12.1. The van der Waals surface area contributed by atoms with E-state index in [1.54, 1.807) is 24.5 Å². The van der Waals surface area contributed by atoms with Gasteiger partial charge >= 0.3 is 6.55 Å². The fourth-order valence-electron chi connectivity index (χ4n) is 4.80. The van der Waals surface area contributed by atoms with E-state index in [1.807, 2.05) is 0 Å². The maximum Gasteiger partial charge on any atom is 0.333 e. The van der Waals surface area contributed by atoms with E-state index in [0.29, 0.717) is 69.8 Å². The number of halogens is 2. The van der Waals surface area contributed by atoms with E-state index in [1.165, 1.54) is 24.8 Å². The number of aliphatic hydroxyl groups is 1. The Morgan fingerprint density at radius 1 is 1.00 bits per heavy atom. The van der Waals surface area contributed by atoms with Crippen molar-refractivity contribution in [3.63, 3.8) is 0 Å². The number of aliphatic hydroxyl groups excluding tert-OH is 1. The number of hydrogen-bond acceptors (Lipinski definition) is 10. The summed E-state index contributed by atoms with van der Waals surface area (Å²) in [6.07, 6.45) is 12.8. The molecule has 4 aromatic heterocycles. The highest BCUT2D eigenvalue weighted by atomic mass is 32.2. The summed E-state index contributed by atoms with van der Waals surface area (Å²) >= 11 is 0. The van der Waals surface area contributed by atoms with Gasteiger partial charge in [-0.3, -0.25) is 0 Å². The molecule has 15 heteroatoms. The van der Waals surface area contributed by atoms with Crippen molar-refractivity contribution >= 4 is 27.3 Å². The number of aromatic nitrogens is 7. The van der Waals surface area contributed by atoms with Gasteiger partial charge in [0, 0.05) is 31.2 Å². The second-order valence-electron chi connectivity index (χ2n) is 10.6. The van der Waals surface area contributed by atoms with E-state index < -0.39 is 21.8 Å². The average molecular weight is 610 g/mol. The number of alkyl halides is 2. The number of nitrogens with zero attached hydrogens (tertiary/aromatic N) is 7. The molecule has 2 fully saturated rings. The van der Waals surface area contributed by atoms with E-state index in [4.69, 9.17) is 0 Å². The van der Waals surface area contributed by atoms with Gasteiger partial charge in [0.2, 0.25) is 0 Å². The largest absolute Gasteiger partial charge is 0.393 e. The third kappa shape index (κ3) is 6.81. The SMILES string of the molecule is O=S(=O)(C1CC1)n1cc(-c2nccc(Nc3cc(NCC4CCC(O)CC4)c(C#Cc4cnn(C(F)F)c4)cn3)n2)cn1. The molecular weight excluding hydrogens is 580 g/mol. The monoisotopic (exact) mass is 609 g/mol. The summed E-state index contributed by atoms with van der Waals surface area (Å²) < 4.78 is 52.3. The van der Waals surface area contributed by atoms with Gasteiger partial charge in [0.05, 0.1) is 52.3 Å². The van der Waals surface area contributed by atoms with Crippen LogP contribution in [-0.4, -0.2) is 65.3 Å². The molecule has 12 nitrogen and oxygen atoms in total. The predicted molar refractivity (Wildman–Crippen MR) is 154 cm³/mol. The van der Waals surface area contributed by atoms with Crippen LogP contribution in [0.5, 0.6) is 0 Å². The van der Waals surface area contributed by atoms with Crippen LogP contribution in [0.4, 0.5) is 26.1 Å². The molecule has 43 heavy (non-hydrogen) atoms. The van der Waals surface area contributed by atoms with Gasteiger partial charge in [-0.05, 0) is 50.5 Å². The minimum Gasteiger partial charge on any atom is -0.393 e. The summed E-state index contributed by atoms with van der Waals surface area (Å²) in [5, 5.41) is 23.7. The number of pyridine rings is 1. The average Bonchev–Trinajstić information content (AvgIpc) is 3.55. The smallest absolute Gasteiger partial charge is 0.333 e. The zero-order valence-corrected chi connectivity index (χ0v) is 23.8. The molecule has 0 aromatic carbocycles. The molecule has 224 valence electrons. The predicted octanol–water partition coefficient (Wildman–Crippen LogP) is 3.77. The molecular formula is C28H29F2N9O3S. The molecule has 2 aliphatic carbocycles. The number of rotatable bonds is 9. The van der Waals surface area contributed by atoms with E-state index in [0.717, 1.165) is 29.8 Å². The fraction of sp³-hybridized carbons (Fsp3) is 0.393. The Labute approximate surface area is 246 Å². The minimum atomic E-state index is -3.51. The highest BCUT2D eigenvalue weighted by molar-refractivity contribution is 7.90. The molecule has 0 unspecified atom stereocenters. The normalized spacial score (nSPS) is 18.7. The first-order valence-electron chi connectivity index (χ1n) is 13.9. The lowest BCUT2D eigenvalue weighted by molar-refractivity contribution is 0.0566. The summed E-state index contributed by atoms with van der Waals surface area (Å²) in [6.45, 7) is -2.08. The van der Waals surface area contributed by atoms with Crippen LogP contribution in [0, 0.1) is 17.8 Å². The molecule has 0 bridgehead atoms. The van der Waals surface area contributed by atoms with E-state index in [2.05, 4.69) is 47.6 Å². The van der Waals surface area contributed by atoms with Gasteiger partial charge in [0.15, 0.2) is 5.82 Å². The van der Waals surface area contributed by atoms with Crippen LogP contribution in [-0.2, 0) is 10.0 Å². The van der Waals surface area contributed by atoms with E-state index in [-0.39, 0.29) is 6.10 Å². The van der Waals surface area contributed by atoms with E-state index >= 15 is 0 Å². The van der Waals surface area contributed by atoms with Crippen LogP contribution < -0.4 is 10.6 Å². The second-order valence-corrected chi connectivity index (χ2v) is 12.7. The molecule has 3 N–H and O–H groups in total. The maximum atomic E-state index is 12.9. The van der Waals surface area contributed by atoms with Crippen molar-refractivity contribution in [1.29, 1.82) is 0 Å². The molecule has 4 aromatic rings. The lowest BCUT2D eigenvalue weighted by Gasteiger charge is -2.26. The van der Waals surface area contributed by atoms with Crippen molar-refractivity contribution < 1.29 is 22.3 Å². The highest BCUT2D eigenvalue weighted by Crippen LogP contribution is 2.31. The Morgan fingerprint density at radius 3 is 2.56 bits per heavy atom. The molecule has 0 atom stereocenters. The van der Waals surface area contributed by atoms with Crippen LogP contribution in [0.3, 0.4) is 0 Å². The lowest BCUT2D eigenvalue weighted by Crippen LogP contribution is -2.23. The van der Waals surface area contributed by atoms with Crippen molar-refractivity contribution in [2.45, 2.75) is 56.4 Å². The van der Waals surface area contributed by atoms with Crippen molar-refractivity contribution in [1.82, 2.24) is 33.9 Å². The van der Waals surface area contributed by atoms with Gasteiger partial charge in [-0.15, -0.1) is 0 Å². The summed E-state index contributed by atoms with van der Waals surface area (Å²) in [4.78, 5) is 13.2. The third-order valence-electron chi connectivity index (χ3n) is 7.38. The zero-order chi connectivity index (χ0) is 30.0. The number of hydrogen-bond donors (Lipinski definition) is 3. The van der Waals surface area contributed by atoms with Crippen molar-refractivity contribution in [2.24, 2.45) is 5.92 Å². The number of anilines is 3. The van der Waals surface area contributed by atoms with Crippen LogP contribution in [0.15, 0.2) is 49.3 Å². The van der Waals surface area contributed by atoms with Crippen molar-refractivity contribution in [3.8, 4) is 23.2 Å².